The first-order valence-corrected chi connectivity index (χ1v) is 5.17. The predicted octanol–water partition coefficient (Wildman–Crippen LogP) is 1.47. The number of ether oxygens (including phenoxy) is 1. The topological polar surface area (TPSA) is 64.3 Å². The van der Waals surface area contributed by atoms with Crippen LogP contribution in [0.2, 0.25) is 0 Å². The minimum absolute atomic E-state index is 0.0110. The van der Waals surface area contributed by atoms with E-state index >= 15 is 0 Å². The minimum atomic E-state index is -2.91. The number of halogens is 2. The van der Waals surface area contributed by atoms with Crippen molar-refractivity contribution in [2.45, 2.75) is 19.0 Å². The Balaban J connectivity index is 2.21. The van der Waals surface area contributed by atoms with Crippen molar-refractivity contribution in [1.29, 1.82) is 0 Å². The Kier molecular flexibility index (Phi) is 3.12. The van der Waals surface area contributed by atoms with E-state index in [9.17, 15) is 13.6 Å². The highest BCUT2D eigenvalue weighted by molar-refractivity contribution is 5.79. The average molecular weight is 242 g/mol. The van der Waals surface area contributed by atoms with Gasteiger partial charge in [-0.2, -0.15) is 8.78 Å². The molecule has 0 saturated carbocycles. The highest BCUT2D eigenvalue weighted by Gasteiger charge is 2.23. The van der Waals surface area contributed by atoms with Crippen LogP contribution in [-0.4, -0.2) is 19.1 Å². The van der Waals surface area contributed by atoms with Crippen LogP contribution in [-0.2, 0) is 4.79 Å². The van der Waals surface area contributed by atoms with Gasteiger partial charge in [0.15, 0.2) is 0 Å². The van der Waals surface area contributed by atoms with E-state index in [1.54, 1.807) is 6.07 Å². The van der Waals surface area contributed by atoms with Crippen LogP contribution in [0.5, 0.6) is 5.75 Å². The first kappa shape index (κ1) is 11.6. The van der Waals surface area contributed by atoms with Crippen LogP contribution in [0, 0.1) is 0 Å². The van der Waals surface area contributed by atoms with E-state index in [4.69, 9.17) is 5.73 Å². The van der Waals surface area contributed by atoms with Gasteiger partial charge in [-0.3, -0.25) is 4.79 Å². The molecule has 1 fully saturated rings. The number of nitrogens with one attached hydrogen (secondary N) is 1. The predicted molar refractivity (Wildman–Crippen MR) is 57.9 cm³/mol. The lowest BCUT2D eigenvalue weighted by molar-refractivity contribution is -0.119. The summed E-state index contributed by atoms with van der Waals surface area (Å²) in [6, 6.07) is 4.70. The van der Waals surface area contributed by atoms with Gasteiger partial charge in [-0.25, -0.2) is 0 Å². The molecule has 0 aliphatic carbocycles. The van der Waals surface area contributed by atoms with E-state index in [1.165, 1.54) is 12.1 Å². The number of rotatable bonds is 3. The largest absolute Gasteiger partial charge is 0.433 e. The summed E-state index contributed by atoms with van der Waals surface area (Å²) in [4.78, 5) is 11.1. The van der Waals surface area contributed by atoms with Gasteiger partial charge in [-0.05, 0) is 17.7 Å². The van der Waals surface area contributed by atoms with Crippen LogP contribution in [0.15, 0.2) is 18.2 Å². The second-order valence-corrected chi connectivity index (χ2v) is 3.88. The Morgan fingerprint density at radius 3 is 2.82 bits per heavy atom. The molecule has 3 N–H and O–H groups in total. The maximum absolute atomic E-state index is 12.1. The van der Waals surface area contributed by atoms with E-state index in [2.05, 4.69) is 10.1 Å². The second kappa shape index (κ2) is 4.57. The molecule has 92 valence electrons. The van der Waals surface area contributed by atoms with Crippen molar-refractivity contribution in [3.05, 3.63) is 23.8 Å². The normalized spacial score (nSPS) is 19.5. The van der Waals surface area contributed by atoms with Gasteiger partial charge in [0, 0.05) is 18.9 Å². The van der Waals surface area contributed by atoms with Crippen molar-refractivity contribution in [3.8, 4) is 5.75 Å². The number of alkyl halides is 2. The van der Waals surface area contributed by atoms with E-state index in [1.807, 2.05) is 0 Å². The number of carbonyl (C=O) groups excluding carboxylic acids is 1. The van der Waals surface area contributed by atoms with Gasteiger partial charge in [0.25, 0.3) is 0 Å². The number of hydrogen-bond acceptors (Lipinski definition) is 3. The van der Waals surface area contributed by atoms with Gasteiger partial charge in [0.1, 0.15) is 5.75 Å². The van der Waals surface area contributed by atoms with Crippen molar-refractivity contribution in [3.63, 3.8) is 0 Å². The van der Waals surface area contributed by atoms with E-state index in [0.29, 0.717) is 13.0 Å². The first-order chi connectivity index (χ1) is 8.06. The summed E-state index contributed by atoms with van der Waals surface area (Å²) in [5.41, 5.74) is 6.45. The zero-order valence-electron chi connectivity index (χ0n) is 8.95. The quantitative estimate of drug-likeness (QED) is 0.789. The van der Waals surface area contributed by atoms with Crippen LogP contribution in [0.4, 0.5) is 14.5 Å². The number of hydrogen-bond donors (Lipinski definition) is 2. The van der Waals surface area contributed by atoms with E-state index < -0.39 is 6.61 Å². The van der Waals surface area contributed by atoms with Crippen LogP contribution < -0.4 is 15.8 Å². The fourth-order valence-electron chi connectivity index (χ4n) is 1.84. The maximum Gasteiger partial charge on any atom is 0.387 e. The molecule has 1 aromatic carbocycles. The highest BCUT2D eigenvalue weighted by atomic mass is 19.3. The summed E-state index contributed by atoms with van der Waals surface area (Å²) in [6.45, 7) is -2.40. The summed E-state index contributed by atoms with van der Waals surface area (Å²) in [5.74, 6) is -0.0943. The Bertz CT molecular complexity index is 437. The van der Waals surface area contributed by atoms with Gasteiger partial charge in [-0.15, -0.1) is 0 Å². The number of carbonyl (C=O) groups is 1. The Hall–Kier alpha value is -1.85. The molecule has 0 aromatic heterocycles. The van der Waals surface area contributed by atoms with Crippen molar-refractivity contribution < 1.29 is 18.3 Å². The molecule has 2 rings (SSSR count). The fourth-order valence-corrected chi connectivity index (χ4v) is 1.84. The van der Waals surface area contributed by atoms with Crippen molar-refractivity contribution >= 4 is 11.6 Å². The summed E-state index contributed by atoms with van der Waals surface area (Å²) in [5, 5.41) is 2.68. The summed E-state index contributed by atoms with van der Waals surface area (Å²) in [6.07, 6.45) is 0.359. The highest BCUT2D eigenvalue weighted by Crippen LogP contribution is 2.30. The van der Waals surface area contributed by atoms with Gasteiger partial charge < -0.3 is 15.8 Å². The monoisotopic (exact) mass is 242 g/mol. The molecule has 1 amide bonds. The lowest BCUT2D eigenvalue weighted by atomic mass is 9.98. The van der Waals surface area contributed by atoms with Gasteiger partial charge in [0.05, 0.1) is 5.69 Å². The Morgan fingerprint density at radius 1 is 1.47 bits per heavy atom. The van der Waals surface area contributed by atoms with Gasteiger partial charge >= 0.3 is 6.61 Å². The Morgan fingerprint density at radius 2 is 2.24 bits per heavy atom. The standard InChI is InChI=1S/C11H12F2N2O2/c12-11(13)17-9-3-6(1-2-8(9)14)7-4-10(16)15-5-7/h1-3,7,11H,4-5,14H2,(H,15,16)/t7-/m1/s1. The van der Waals surface area contributed by atoms with E-state index in [-0.39, 0.29) is 23.3 Å². The summed E-state index contributed by atoms with van der Waals surface area (Å²) in [7, 11) is 0. The van der Waals surface area contributed by atoms with Gasteiger partial charge in [0.2, 0.25) is 5.91 Å². The smallest absolute Gasteiger partial charge is 0.387 e. The summed E-state index contributed by atoms with van der Waals surface area (Å²) < 4.78 is 28.6. The average Bonchev–Trinajstić information content (AvgIpc) is 2.67. The van der Waals surface area contributed by atoms with Crippen molar-refractivity contribution in [2.75, 3.05) is 12.3 Å². The molecule has 1 aliphatic heterocycles. The van der Waals surface area contributed by atoms with Gasteiger partial charge in [-0.1, -0.05) is 6.07 Å². The SMILES string of the molecule is Nc1ccc([C@H]2CNC(=O)C2)cc1OC(F)F. The molecular weight excluding hydrogens is 230 g/mol. The molecule has 17 heavy (non-hydrogen) atoms. The molecule has 0 spiro atoms. The number of amides is 1. The summed E-state index contributed by atoms with van der Waals surface area (Å²) >= 11 is 0. The molecular formula is C11H12F2N2O2. The molecule has 0 unspecified atom stereocenters. The van der Waals surface area contributed by atoms with E-state index in [0.717, 1.165) is 5.56 Å². The third-order valence-electron chi connectivity index (χ3n) is 2.70. The molecule has 1 aromatic rings. The second-order valence-electron chi connectivity index (χ2n) is 3.88. The lowest BCUT2D eigenvalue weighted by Gasteiger charge is -2.12. The molecule has 6 heteroatoms. The van der Waals surface area contributed by atoms with Crippen molar-refractivity contribution in [1.82, 2.24) is 5.32 Å². The number of nitrogen functional groups attached to an aromatic ring is 1. The number of nitrogens with two attached hydrogens (primary N) is 1. The molecule has 1 heterocycles. The van der Waals surface area contributed by atoms with Crippen LogP contribution in [0.25, 0.3) is 0 Å². The lowest BCUT2D eigenvalue weighted by Crippen LogP contribution is -2.13. The molecule has 1 atom stereocenters. The van der Waals surface area contributed by atoms with Crippen molar-refractivity contribution in [2.24, 2.45) is 0 Å². The number of benzene rings is 1. The van der Waals surface area contributed by atoms with Crippen LogP contribution in [0.3, 0.4) is 0 Å². The molecule has 4 nitrogen and oxygen atoms in total. The molecule has 0 bridgehead atoms. The molecule has 1 saturated heterocycles. The molecule has 0 radical (unpaired) electrons. The maximum atomic E-state index is 12.1. The minimum Gasteiger partial charge on any atom is -0.433 e. The Labute approximate surface area is 96.7 Å². The fraction of sp³-hybridized carbons (Fsp3) is 0.364. The zero-order valence-corrected chi connectivity index (χ0v) is 8.95. The first-order valence-electron chi connectivity index (χ1n) is 5.17. The molecule has 1 aliphatic rings. The zero-order chi connectivity index (χ0) is 12.4. The number of anilines is 1. The van der Waals surface area contributed by atoms with Crippen LogP contribution in [0.1, 0.15) is 17.9 Å². The third-order valence-corrected chi connectivity index (χ3v) is 2.70. The third kappa shape index (κ3) is 2.64. The van der Waals surface area contributed by atoms with Crippen LogP contribution >= 0.6 is 0 Å².